The number of hydrogen-bond acceptors (Lipinski definition) is 6. The molecule has 0 saturated heterocycles. The molecule has 0 saturated carbocycles. The van der Waals surface area contributed by atoms with Crippen LogP contribution in [0.4, 0.5) is 0 Å². The van der Waals surface area contributed by atoms with E-state index in [9.17, 15) is 5.11 Å². The largest absolute Gasteiger partial charge is 0.390 e. The van der Waals surface area contributed by atoms with Crippen molar-refractivity contribution in [2.24, 2.45) is 7.05 Å². The Morgan fingerprint density at radius 2 is 2.24 bits per heavy atom. The first-order chi connectivity index (χ1) is 8.03. The average Bonchev–Trinajstić information content (AvgIpc) is 2.62. The third-order valence-electron chi connectivity index (χ3n) is 2.41. The molecule has 0 radical (unpaired) electrons. The van der Waals surface area contributed by atoms with Crippen molar-refractivity contribution in [3.05, 3.63) is 5.82 Å². The van der Waals surface area contributed by atoms with Gasteiger partial charge in [0.2, 0.25) is 0 Å². The predicted octanol–water partition coefficient (Wildman–Crippen LogP) is -0.870. The maximum absolute atomic E-state index is 10.1. The maximum Gasteiger partial charge on any atom is 0.177 e. The molecule has 7 nitrogen and oxygen atoms in total. The van der Waals surface area contributed by atoms with Crippen LogP contribution in [0.2, 0.25) is 0 Å². The Kier molecular flexibility index (Phi) is 5.46. The lowest BCUT2D eigenvalue weighted by molar-refractivity contribution is 0.0490. The average molecular weight is 243 g/mol. The van der Waals surface area contributed by atoms with Crippen molar-refractivity contribution in [2.75, 3.05) is 26.8 Å². The molecular formula is C10H21N5O2. The molecule has 0 fully saturated rings. The highest BCUT2D eigenvalue weighted by atomic mass is 16.5. The molecule has 17 heavy (non-hydrogen) atoms. The Morgan fingerprint density at radius 3 is 2.82 bits per heavy atom. The van der Waals surface area contributed by atoms with Gasteiger partial charge in [-0.15, -0.1) is 10.2 Å². The molecule has 0 aliphatic rings. The molecule has 0 amide bonds. The highest BCUT2D eigenvalue weighted by Crippen LogP contribution is 2.13. The summed E-state index contributed by atoms with van der Waals surface area (Å²) in [5, 5.41) is 25.0. The van der Waals surface area contributed by atoms with Crippen LogP contribution in [0.1, 0.15) is 19.2 Å². The molecule has 0 aromatic carbocycles. The van der Waals surface area contributed by atoms with E-state index in [0.29, 0.717) is 25.3 Å². The smallest absolute Gasteiger partial charge is 0.177 e. The number of hydrogen-bond donors (Lipinski definition) is 2. The molecular weight excluding hydrogens is 222 g/mol. The lowest BCUT2D eigenvalue weighted by Gasteiger charge is -2.21. The predicted molar refractivity (Wildman–Crippen MR) is 62.5 cm³/mol. The second-order valence-corrected chi connectivity index (χ2v) is 4.36. The van der Waals surface area contributed by atoms with Crippen molar-refractivity contribution in [2.45, 2.75) is 25.4 Å². The molecule has 2 N–H and O–H groups in total. The third kappa shape index (κ3) is 5.71. The quantitative estimate of drug-likeness (QED) is 0.577. The first-order valence-electron chi connectivity index (χ1n) is 5.68. The number of aryl methyl sites for hydroxylation is 1. The van der Waals surface area contributed by atoms with Crippen molar-refractivity contribution in [1.29, 1.82) is 0 Å². The van der Waals surface area contributed by atoms with E-state index >= 15 is 0 Å². The molecule has 1 rings (SSSR count). The molecule has 0 spiro atoms. The number of tetrazole rings is 1. The Morgan fingerprint density at radius 1 is 1.47 bits per heavy atom. The van der Waals surface area contributed by atoms with Gasteiger partial charge in [0.25, 0.3) is 0 Å². The van der Waals surface area contributed by atoms with E-state index in [1.807, 2.05) is 0 Å². The summed E-state index contributed by atoms with van der Waals surface area (Å²) in [6.45, 7) is 3.97. The summed E-state index contributed by atoms with van der Waals surface area (Å²) in [6.07, 6.45) is 1.04. The topological polar surface area (TPSA) is 85.1 Å². The van der Waals surface area contributed by atoms with E-state index in [0.717, 1.165) is 13.1 Å². The molecule has 1 atom stereocenters. The minimum absolute atomic E-state index is 0.410. The monoisotopic (exact) mass is 243 g/mol. The fourth-order valence-electron chi connectivity index (χ4n) is 1.48. The summed E-state index contributed by atoms with van der Waals surface area (Å²) in [6, 6.07) is 0. The fraction of sp³-hybridized carbons (Fsp3) is 0.900. The lowest BCUT2D eigenvalue weighted by atomic mass is 9.98. The normalized spacial score (nSPS) is 14.8. The molecule has 0 aliphatic heterocycles. The first-order valence-corrected chi connectivity index (χ1v) is 5.68. The van der Waals surface area contributed by atoms with Crippen LogP contribution in [0.3, 0.4) is 0 Å². The van der Waals surface area contributed by atoms with E-state index in [1.54, 1.807) is 21.1 Å². The van der Waals surface area contributed by atoms with Gasteiger partial charge in [-0.2, -0.15) is 4.80 Å². The minimum Gasteiger partial charge on any atom is -0.390 e. The van der Waals surface area contributed by atoms with Crippen LogP contribution in [0.15, 0.2) is 0 Å². The Hall–Kier alpha value is -1.05. The number of rotatable bonds is 8. The highest BCUT2D eigenvalue weighted by Gasteiger charge is 2.22. The van der Waals surface area contributed by atoms with Gasteiger partial charge in [0.1, 0.15) is 0 Å². The zero-order chi connectivity index (χ0) is 12.7. The number of methoxy groups -OCH3 is 1. The van der Waals surface area contributed by atoms with Crippen molar-refractivity contribution >= 4 is 0 Å². The van der Waals surface area contributed by atoms with Crippen molar-refractivity contribution in [1.82, 2.24) is 25.5 Å². The Labute approximate surface area is 101 Å². The molecule has 1 aromatic heterocycles. The number of aliphatic hydroxyl groups is 1. The summed E-state index contributed by atoms with van der Waals surface area (Å²) in [5.41, 5.74) is -0.816. The Bertz CT molecular complexity index is 326. The van der Waals surface area contributed by atoms with Crippen LogP contribution in [0.25, 0.3) is 0 Å². The summed E-state index contributed by atoms with van der Waals surface area (Å²) >= 11 is 0. The SMILES string of the molecule is COCCNCCC(C)(O)Cc1nnn(C)n1. The van der Waals surface area contributed by atoms with E-state index in [4.69, 9.17) is 4.74 Å². The van der Waals surface area contributed by atoms with Gasteiger partial charge in [-0.1, -0.05) is 0 Å². The zero-order valence-corrected chi connectivity index (χ0v) is 10.7. The number of nitrogens with one attached hydrogen (secondary N) is 1. The van der Waals surface area contributed by atoms with Crippen molar-refractivity contribution in [3.63, 3.8) is 0 Å². The molecule has 98 valence electrons. The molecule has 0 aliphatic carbocycles. The minimum atomic E-state index is -0.816. The van der Waals surface area contributed by atoms with Gasteiger partial charge >= 0.3 is 0 Å². The number of nitrogens with zero attached hydrogens (tertiary/aromatic N) is 4. The van der Waals surface area contributed by atoms with E-state index in [1.165, 1.54) is 4.80 Å². The van der Waals surface area contributed by atoms with E-state index < -0.39 is 5.60 Å². The summed E-state index contributed by atoms with van der Waals surface area (Å²) in [5.74, 6) is 0.564. The second kappa shape index (κ2) is 6.63. The number of aromatic nitrogens is 4. The van der Waals surface area contributed by atoms with Crippen molar-refractivity contribution in [3.8, 4) is 0 Å². The zero-order valence-electron chi connectivity index (χ0n) is 10.7. The van der Waals surface area contributed by atoms with Gasteiger partial charge in [-0.3, -0.25) is 0 Å². The maximum atomic E-state index is 10.1. The van der Waals surface area contributed by atoms with Crippen LogP contribution in [0, 0.1) is 0 Å². The van der Waals surface area contributed by atoms with Gasteiger partial charge in [-0.05, 0) is 25.1 Å². The molecule has 0 bridgehead atoms. The molecule has 1 aromatic rings. The molecule has 7 heteroatoms. The van der Waals surface area contributed by atoms with E-state index in [-0.39, 0.29) is 0 Å². The fourth-order valence-corrected chi connectivity index (χ4v) is 1.48. The standard InChI is InChI=1S/C10H21N5O2/c1-10(16,4-5-11-6-7-17-3)8-9-12-14-15(2)13-9/h11,16H,4-8H2,1-3H3. The first kappa shape index (κ1) is 14.0. The van der Waals surface area contributed by atoms with Crippen LogP contribution in [0.5, 0.6) is 0 Å². The van der Waals surface area contributed by atoms with E-state index in [2.05, 4.69) is 20.7 Å². The number of ether oxygens (including phenoxy) is 1. The van der Waals surface area contributed by atoms with Crippen molar-refractivity contribution < 1.29 is 9.84 Å². The highest BCUT2D eigenvalue weighted by molar-refractivity contribution is 4.88. The van der Waals surface area contributed by atoms with Gasteiger partial charge in [0, 0.05) is 20.1 Å². The molecule has 1 heterocycles. The summed E-state index contributed by atoms with van der Waals surface area (Å²) in [4.78, 5) is 1.39. The second-order valence-electron chi connectivity index (χ2n) is 4.36. The lowest BCUT2D eigenvalue weighted by Crippen LogP contribution is -2.33. The van der Waals surface area contributed by atoms with Crippen LogP contribution in [-0.2, 0) is 18.2 Å². The summed E-state index contributed by atoms with van der Waals surface area (Å²) in [7, 11) is 3.37. The van der Waals surface area contributed by atoms with Gasteiger partial charge in [-0.25, -0.2) is 0 Å². The third-order valence-corrected chi connectivity index (χ3v) is 2.41. The van der Waals surface area contributed by atoms with Crippen LogP contribution >= 0.6 is 0 Å². The van der Waals surface area contributed by atoms with Gasteiger partial charge in [0.15, 0.2) is 5.82 Å². The summed E-state index contributed by atoms with van der Waals surface area (Å²) < 4.78 is 4.92. The van der Waals surface area contributed by atoms with Crippen LogP contribution < -0.4 is 5.32 Å². The molecule has 1 unspecified atom stereocenters. The van der Waals surface area contributed by atoms with Gasteiger partial charge < -0.3 is 15.2 Å². The van der Waals surface area contributed by atoms with Gasteiger partial charge in [0.05, 0.1) is 19.3 Å². The van der Waals surface area contributed by atoms with Crippen LogP contribution in [-0.4, -0.2) is 57.7 Å². The Balaban J connectivity index is 2.25.